The van der Waals surface area contributed by atoms with Crippen LogP contribution in [0.5, 0.6) is 5.75 Å². The maximum Gasteiger partial charge on any atom is 0.258 e. The van der Waals surface area contributed by atoms with Gasteiger partial charge in [-0.3, -0.25) is 4.79 Å². The predicted octanol–water partition coefficient (Wildman–Crippen LogP) is 3.05. The molecule has 0 atom stereocenters. The van der Waals surface area contributed by atoms with Crippen molar-refractivity contribution in [2.45, 2.75) is 6.92 Å². The van der Waals surface area contributed by atoms with Gasteiger partial charge in [0.1, 0.15) is 17.4 Å². The first-order valence-corrected chi connectivity index (χ1v) is 6.43. The Balaban J connectivity index is 2.26. The normalized spacial score (nSPS) is 10.8. The van der Waals surface area contributed by atoms with Gasteiger partial charge in [-0.1, -0.05) is 6.07 Å². The Morgan fingerprint density at radius 1 is 1.19 bits per heavy atom. The second kappa shape index (κ2) is 5.01. The minimum absolute atomic E-state index is 0.185. The SMILES string of the molecule is COc1ccc(F)cc1-c1ccc2c(=O)[nH]c(C)nc2c1. The van der Waals surface area contributed by atoms with E-state index in [2.05, 4.69) is 9.97 Å². The maximum absolute atomic E-state index is 13.5. The molecular formula is C16H13FN2O2. The lowest BCUT2D eigenvalue weighted by atomic mass is 10.0. The quantitative estimate of drug-likeness (QED) is 0.787. The first kappa shape index (κ1) is 13.3. The number of halogens is 1. The molecule has 0 radical (unpaired) electrons. The number of H-pyrrole nitrogens is 1. The Kier molecular flexibility index (Phi) is 3.17. The number of aromatic nitrogens is 2. The highest BCUT2D eigenvalue weighted by Crippen LogP contribution is 2.31. The summed E-state index contributed by atoms with van der Waals surface area (Å²) in [6.45, 7) is 1.72. The van der Waals surface area contributed by atoms with Gasteiger partial charge >= 0.3 is 0 Å². The van der Waals surface area contributed by atoms with E-state index in [0.717, 1.165) is 5.56 Å². The molecule has 0 aliphatic rings. The molecule has 1 heterocycles. The number of rotatable bonds is 2. The molecule has 0 saturated heterocycles. The van der Waals surface area contributed by atoms with Crippen molar-refractivity contribution in [3.63, 3.8) is 0 Å². The van der Waals surface area contributed by atoms with Crippen molar-refractivity contribution in [2.75, 3.05) is 7.11 Å². The predicted molar refractivity (Wildman–Crippen MR) is 79.0 cm³/mol. The molecule has 106 valence electrons. The molecule has 2 aromatic carbocycles. The molecule has 0 aliphatic heterocycles. The molecule has 0 aliphatic carbocycles. The van der Waals surface area contributed by atoms with Gasteiger partial charge in [-0.2, -0.15) is 0 Å². The minimum atomic E-state index is -0.346. The van der Waals surface area contributed by atoms with Crippen LogP contribution in [0.1, 0.15) is 5.82 Å². The van der Waals surface area contributed by atoms with Crippen molar-refractivity contribution < 1.29 is 9.13 Å². The van der Waals surface area contributed by atoms with Gasteiger partial charge < -0.3 is 9.72 Å². The average Bonchev–Trinajstić information content (AvgIpc) is 2.46. The molecule has 0 fully saturated rings. The number of ether oxygens (including phenoxy) is 1. The van der Waals surface area contributed by atoms with Gasteiger partial charge in [0.2, 0.25) is 0 Å². The van der Waals surface area contributed by atoms with Crippen LogP contribution in [0.4, 0.5) is 4.39 Å². The number of aryl methyl sites for hydroxylation is 1. The smallest absolute Gasteiger partial charge is 0.258 e. The van der Waals surface area contributed by atoms with Crippen LogP contribution >= 0.6 is 0 Å². The van der Waals surface area contributed by atoms with Gasteiger partial charge in [0.25, 0.3) is 5.56 Å². The lowest BCUT2D eigenvalue weighted by Gasteiger charge is -2.09. The number of hydrogen-bond acceptors (Lipinski definition) is 3. The molecule has 3 rings (SSSR count). The van der Waals surface area contributed by atoms with Crippen LogP contribution in [0.2, 0.25) is 0 Å². The van der Waals surface area contributed by atoms with E-state index in [1.165, 1.54) is 19.2 Å². The Morgan fingerprint density at radius 3 is 2.76 bits per heavy atom. The molecule has 21 heavy (non-hydrogen) atoms. The Morgan fingerprint density at radius 2 is 2.00 bits per heavy atom. The zero-order chi connectivity index (χ0) is 15.0. The van der Waals surface area contributed by atoms with Crippen molar-refractivity contribution in [2.24, 2.45) is 0 Å². The second-order valence-corrected chi connectivity index (χ2v) is 4.73. The Hall–Kier alpha value is -2.69. The fourth-order valence-corrected chi connectivity index (χ4v) is 2.33. The summed E-state index contributed by atoms with van der Waals surface area (Å²) in [7, 11) is 1.53. The van der Waals surface area contributed by atoms with E-state index in [0.29, 0.717) is 28.0 Å². The number of hydrogen-bond donors (Lipinski definition) is 1. The van der Waals surface area contributed by atoms with Gasteiger partial charge in [0.15, 0.2) is 0 Å². The van der Waals surface area contributed by atoms with E-state index in [1.54, 1.807) is 31.2 Å². The van der Waals surface area contributed by atoms with E-state index >= 15 is 0 Å². The highest BCUT2D eigenvalue weighted by molar-refractivity contribution is 5.85. The summed E-state index contributed by atoms with van der Waals surface area (Å²) in [5, 5.41) is 0.500. The zero-order valence-corrected chi connectivity index (χ0v) is 11.6. The third-order valence-corrected chi connectivity index (χ3v) is 3.30. The van der Waals surface area contributed by atoms with Gasteiger partial charge in [-0.15, -0.1) is 0 Å². The summed E-state index contributed by atoms with van der Waals surface area (Å²) >= 11 is 0. The summed E-state index contributed by atoms with van der Waals surface area (Å²) in [5.41, 5.74) is 1.76. The van der Waals surface area contributed by atoms with Crippen LogP contribution in [0.3, 0.4) is 0 Å². The summed E-state index contributed by atoms with van der Waals surface area (Å²) in [6.07, 6.45) is 0. The highest BCUT2D eigenvalue weighted by atomic mass is 19.1. The highest BCUT2D eigenvalue weighted by Gasteiger charge is 2.10. The maximum atomic E-state index is 13.5. The Labute approximate surface area is 120 Å². The number of aromatic amines is 1. The van der Waals surface area contributed by atoms with Crippen molar-refractivity contribution >= 4 is 10.9 Å². The molecule has 0 spiro atoms. The van der Waals surface area contributed by atoms with Gasteiger partial charge in [0.05, 0.1) is 18.0 Å². The number of fused-ring (bicyclic) bond motifs is 1. The van der Waals surface area contributed by atoms with E-state index in [1.807, 2.05) is 0 Å². The van der Waals surface area contributed by atoms with Crippen LogP contribution in [-0.2, 0) is 0 Å². The fourth-order valence-electron chi connectivity index (χ4n) is 2.33. The lowest BCUT2D eigenvalue weighted by Crippen LogP contribution is -2.09. The molecular weight excluding hydrogens is 271 g/mol. The summed E-state index contributed by atoms with van der Waals surface area (Å²) in [6, 6.07) is 9.52. The minimum Gasteiger partial charge on any atom is -0.496 e. The van der Waals surface area contributed by atoms with E-state index < -0.39 is 0 Å². The molecule has 0 unspecified atom stereocenters. The van der Waals surface area contributed by atoms with Crippen molar-refractivity contribution in [3.8, 4) is 16.9 Å². The standard InChI is InChI=1S/C16H13FN2O2/c1-9-18-14-7-10(3-5-12(14)16(20)19-9)13-8-11(17)4-6-15(13)21-2/h3-8H,1-2H3,(H,18,19,20). The molecule has 1 N–H and O–H groups in total. The van der Waals surface area contributed by atoms with Crippen LogP contribution < -0.4 is 10.3 Å². The monoisotopic (exact) mass is 284 g/mol. The zero-order valence-electron chi connectivity index (χ0n) is 11.6. The van der Waals surface area contributed by atoms with Gasteiger partial charge in [0, 0.05) is 5.56 Å². The molecule has 4 nitrogen and oxygen atoms in total. The van der Waals surface area contributed by atoms with Crippen LogP contribution in [0.25, 0.3) is 22.0 Å². The summed E-state index contributed by atoms with van der Waals surface area (Å²) in [5.74, 6) is 0.758. The summed E-state index contributed by atoms with van der Waals surface area (Å²) in [4.78, 5) is 18.8. The van der Waals surface area contributed by atoms with Gasteiger partial charge in [-0.25, -0.2) is 9.37 Å². The van der Waals surface area contributed by atoms with Crippen LogP contribution in [0.15, 0.2) is 41.2 Å². The van der Waals surface area contributed by atoms with E-state index in [4.69, 9.17) is 4.74 Å². The van der Waals surface area contributed by atoms with Crippen LogP contribution in [0, 0.1) is 12.7 Å². The van der Waals surface area contributed by atoms with Crippen molar-refractivity contribution in [1.29, 1.82) is 0 Å². The third-order valence-electron chi connectivity index (χ3n) is 3.30. The van der Waals surface area contributed by atoms with E-state index in [-0.39, 0.29) is 11.4 Å². The first-order valence-electron chi connectivity index (χ1n) is 6.43. The van der Waals surface area contributed by atoms with E-state index in [9.17, 15) is 9.18 Å². The number of nitrogens with one attached hydrogen (secondary N) is 1. The first-order chi connectivity index (χ1) is 10.1. The molecule has 0 amide bonds. The molecule has 1 aromatic heterocycles. The van der Waals surface area contributed by atoms with Crippen LogP contribution in [-0.4, -0.2) is 17.1 Å². The summed E-state index contributed by atoms with van der Waals surface area (Å²) < 4.78 is 18.7. The topological polar surface area (TPSA) is 55.0 Å². The van der Waals surface area contributed by atoms with Crippen molar-refractivity contribution in [3.05, 3.63) is 58.4 Å². The second-order valence-electron chi connectivity index (χ2n) is 4.73. The molecule has 0 bridgehead atoms. The van der Waals surface area contributed by atoms with Gasteiger partial charge in [-0.05, 0) is 42.8 Å². The molecule has 5 heteroatoms. The average molecular weight is 284 g/mol. The lowest BCUT2D eigenvalue weighted by molar-refractivity contribution is 0.415. The number of benzene rings is 2. The Bertz CT molecular complexity index is 887. The number of nitrogens with zero attached hydrogens (tertiary/aromatic N) is 1. The largest absolute Gasteiger partial charge is 0.496 e. The molecule has 0 saturated carbocycles. The number of methoxy groups -OCH3 is 1. The van der Waals surface area contributed by atoms with Crippen molar-refractivity contribution in [1.82, 2.24) is 9.97 Å². The fraction of sp³-hybridized carbons (Fsp3) is 0.125. The molecule has 3 aromatic rings. The third kappa shape index (κ3) is 2.38.